The zero-order valence-corrected chi connectivity index (χ0v) is 12.1. The standard InChI is InChI=1S/C15H21ClN2O/c1-19-15-5-4-13(16)8-12(15)10-18-7-6-17-9-14(18)11-2-3-11/h4-5,8,11,14,17H,2-3,6-7,9-10H2,1H3. The minimum absolute atomic E-state index is 0.678. The molecular weight excluding hydrogens is 260 g/mol. The number of nitrogens with zero attached hydrogens (tertiary/aromatic N) is 1. The van der Waals surface area contributed by atoms with Crippen LogP contribution in [0.4, 0.5) is 0 Å². The number of methoxy groups -OCH3 is 1. The van der Waals surface area contributed by atoms with Crippen LogP contribution < -0.4 is 10.1 Å². The Morgan fingerprint density at radius 2 is 2.26 bits per heavy atom. The molecule has 3 nitrogen and oxygen atoms in total. The average Bonchev–Trinajstić information content (AvgIpc) is 3.24. The minimum Gasteiger partial charge on any atom is -0.496 e. The van der Waals surface area contributed by atoms with Crippen molar-refractivity contribution in [2.75, 3.05) is 26.7 Å². The predicted molar refractivity (Wildman–Crippen MR) is 77.8 cm³/mol. The molecule has 2 fully saturated rings. The summed E-state index contributed by atoms with van der Waals surface area (Å²) in [4.78, 5) is 2.59. The highest BCUT2D eigenvalue weighted by Crippen LogP contribution is 2.37. The number of hydrogen-bond donors (Lipinski definition) is 1. The maximum Gasteiger partial charge on any atom is 0.123 e. The highest BCUT2D eigenvalue weighted by atomic mass is 35.5. The Kier molecular flexibility index (Phi) is 3.96. The van der Waals surface area contributed by atoms with Crippen LogP contribution in [-0.4, -0.2) is 37.7 Å². The summed E-state index contributed by atoms with van der Waals surface area (Å²) in [5, 5.41) is 4.30. The van der Waals surface area contributed by atoms with E-state index in [-0.39, 0.29) is 0 Å². The third-order valence-electron chi connectivity index (χ3n) is 4.18. The van der Waals surface area contributed by atoms with Crippen molar-refractivity contribution in [1.82, 2.24) is 10.2 Å². The molecule has 0 radical (unpaired) electrons. The van der Waals surface area contributed by atoms with E-state index in [0.29, 0.717) is 6.04 Å². The lowest BCUT2D eigenvalue weighted by molar-refractivity contribution is 0.134. The Labute approximate surface area is 119 Å². The highest BCUT2D eigenvalue weighted by Gasteiger charge is 2.36. The molecule has 0 bridgehead atoms. The molecule has 3 rings (SSSR count). The first-order valence-corrected chi connectivity index (χ1v) is 7.43. The van der Waals surface area contributed by atoms with E-state index in [0.717, 1.165) is 42.9 Å². The summed E-state index contributed by atoms with van der Waals surface area (Å²) in [6.07, 6.45) is 2.77. The van der Waals surface area contributed by atoms with E-state index in [1.165, 1.54) is 18.4 Å². The summed E-state index contributed by atoms with van der Waals surface area (Å²) >= 11 is 6.12. The fourth-order valence-corrected chi connectivity index (χ4v) is 3.19. The molecule has 0 amide bonds. The number of hydrogen-bond acceptors (Lipinski definition) is 3. The number of ether oxygens (including phenoxy) is 1. The zero-order valence-electron chi connectivity index (χ0n) is 11.4. The second-order valence-corrected chi connectivity index (χ2v) is 5.97. The van der Waals surface area contributed by atoms with E-state index in [2.05, 4.69) is 10.2 Å². The van der Waals surface area contributed by atoms with Gasteiger partial charge >= 0.3 is 0 Å². The summed E-state index contributed by atoms with van der Waals surface area (Å²) < 4.78 is 5.45. The second kappa shape index (κ2) is 5.70. The Bertz CT molecular complexity index is 448. The van der Waals surface area contributed by atoms with Gasteiger partial charge in [0, 0.05) is 42.8 Å². The van der Waals surface area contributed by atoms with Gasteiger partial charge in [0.05, 0.1) is 7.11 Å². The summed E-state index contributed by atoms with van der Waals surface area (Å²) in [6, 6.07) is 6.57. The monoisotopic (exact) mass is 280 g/mol. The summed E-state index contributed by atoms with van der Waals surface area (Å²) in [6.45, 7) is 4.24. The normalized spacial score (nSPS) is 24.4. The molecule has 1 N–H and O–H groups in total. The van der Waals surface area contributed by atoms with Gasteiger partial charge in [-0.2, -0.15) is 0 Å². The molecule has 1 unspecified atom stereocenters. The van der Waals surface area contributed by atoms with Crippen LogP contribution in [0.5, 0.6) is 5.75 Å². The van der Waals surface area contributed by atoms with Crippen molar-refractivity contribution in [2.45, 2.75) is 25.4 Å². The fraction of sp³-hybridized carbons (Fsp3) is 0.600. The molecule has 1 saturated carbocycles. The minimum atomic E-state index is 0.678. The summed E-state index contributed by atoms with van der Waals surface area (Å²) in [5.41, 5.74) is 1.20. The Morgan fingerprint density at radius 3 is 3.00 bits per heavy atom. The molecular formula is C15H21ClN2O. The molecule has 2 aliphatic rings. The van der Waals surface area contributed by atoms with Gasteiger partial charge in [-0.3, -0.25) is 4.90 Å². The molecule has 104 valence electrons. The van der Waals surface area contributed by atoms with E-state index in [9.17, 15) is 0 Å². The average molecular weight is 281 g/mol. The zero-order chi connectivity index (χ0) is 13.2. The number of rotatable bonds is 4. The molecule has 0 spiro atoms. The smallest absolute Gasteiger partial charge is 0.123 e. The van der Waals surface area contributed by atoms with Crippen molar-refractivity contribution in [3.8, 4) is 5.75 Å². The first-order chi connectivity index (χ1) is 9.28. The molecule has 19 heavy (non-hydrogen) atoms. The van der Waals surface area contributed by atoms with E-state index >= 15 is 0 Å². The molecule has 1 aromatic rings. The summed E-state index contributed by atoms with van der Waals surface area (Å²) in [5.74, 6) is 1.83. The van der Waals surface area contributed by atoms with Crippen LogP contribution in [0.25, 0.3) is 0 Å². The van der Waals surface area contributed by atoms with Crippen molar-refractivity contribution in [3.05, 3.63) is 28.8 Å². The molecule has 1 heterocycles. The van der Waals surface area contributed by atoms with Crippen molar-refractivity contribution in [1.29, 1.82) is 0 Å². The van der Waals surface area contributed by atoms with Crippen LogP contribution in [0.3, 0.4) is 0 Å². The van der Waals surface area contributed by atoms with Gasteiger partial charge in [-0.05, 0) is 37.0 Å². The van der Waals surface area contributed by atoms with Gasteiger partial charge in [-0.1, -0.05) is 11.6 Å². The molecule has 1 aliphatic heterocycles. The maximum absolute atomic E-state index is 6.12. The second-order valence-electron chi connectivity index (χ2n) is 5.54. The first kappa shape index (κ1) is 13.2. The van der Waals surface area contributed by atoms with Gasteiger partial charge in [-0.25, -0.2) is 0 Å². The van der Waals surface area contributed by atoms with Crippen LogP contribution in [0.2, 0.25) is 5.02 Å². The summed E-state index contributed by atoms with van der Waals surface area (Å²) in [7, 11) is 1.73. The Balaban J connectivity index is 1.77. The molecule has 0 aromatic heterocycles. The van der Waals surface area contributed by atoms with Crippen LogP contribution in [0.15, 0.2) is 18.2 Å². The number of nitrogens with one attached hydrogen (secondary N) is 1. The largest absolute Gasteiger partial charge is 0.496 e. The van der Waals surface area contributed by atoms with E-state index < -0.39 is 0 Å². The van der Waals surface area contributed by atoms with Crippen molar-refractivity contribution in [3.63, 3.8) is 0 Å². The molecule has 1 saturated heterocycles. The quantitative estimate of drug-likeness (QED) is 0.917. The topological polar surface area (TPSA) is 24.5 Å². The predicted octanol–water partition coefficient (Wildman–Crippen LogP) is 2.53. The lowest BCUT2D eigenvalue weighted by Gasteiger charge is -2.36. The van der Waals surface area contributed by atoms with Crippen molar-refractivity contribution in [2.24, 2.45) is 5.92 Å². The van der Waals surface area contributed by atoms with Crippen LogP contribution in [0, 0.1) is 5.92 Å². The van der Waals surface area contributed by atoms with Crippen LogP contribution in [0.1, 0.15) is 18.4 Å². The van der Waals surface area contributed by atoms with Crippen molar-refractivity contribution < 1.29 is 4.74 Å². The Morgan fingerprint density at radius 1 is 1.42 bits per heavy atom. The highest BCUT2D eigenvalue weighted by molar-refractivity contribution is 6.30. The molecule has 1 atom stereocenters. The lowest BCUT2D eigenvalue weighted by Crippen LogP contribution is -2.51. The van der Waals surface area contributed by atoms with Gasteiger partial charge in [0.25, 0.3) is 0 Å². The Hall–Kier alpha value is -0.770. The molecule has 1 aliphatic carbocycles. The molecule has 1 aromatic carbocycles. The molecule has 4 heteroatoms. The maximum atomic E-state index is 6.12. The number of halogens is 1. The fourth-order valence-electron chi connectivity index (χ4n) is 3.00. The lowest BCUT2D eigenvalue weighted by atomic mass is 10.1. The third kappa shape index (κ3) is 3.04. The third-order valence-corrected chi connectivity index (χ3v) is 4.42. The van der Waals surface area contributed by atoms with Gasteiger partial charge in [0.2, 0.25) is 0 Å². The van der Waals surface area contributed by atoms with Crippen LogP contribution in [-0.2, 0) is 6.54 Å². The van der Waals surface area contributed by atoms with Crippen LogP contribution >= 0.6 is 11.6 Å². The van der Waals surface area contributed by atoms with E-state index in [1.807, 2.05) is 18.2 Å². The van der Waals surface area contributed by atoms with Gasteiger partial charge in [0.15, 0.2) is 0 Å². The number of piperazine rings is 1. The number of benzene rings is 1. The first-order valence-electron chi connectivity index (χ1n) is 7.05. The van der Waals surface area contributed by atoms with E-state index in [4.69, 9.17) is 16.3 Å². The van der Waals surface area contributed by atoms with Gasteiger partial charge in [0.1, 0.15) is 5.75 Å². The van der Waals surface area contributed by atoms with Crippen molar-refractivity contribution >= 4 is 11.6 Å². The van der Waals surface area contributed by atoms with E-state index in [1.54, 1.807) is 7.11 Å². The van der Waals surface area contributed by atoms with Gasteiger partial charge in [-0.15, -0.1) is 0 Å². The SMILES string of the molecule is COc1ccc(Cl)cc1CN1CCNCC1C1CC1. The van der Waals surface area contributed by atoms with Gasteiger partial charge < -0.3 is 10.1 Å².